The molecule has 0 aromatic heterocycles. The molecule has 0 saturated heterocycles. The molecule has 2 N–H and O–H groups in total. The fraction of sp³-hybridized carbons (Fsp3) is 0.385. The van der Waals surface area contributed by atoms with Crippen molar-refractivity contribution in [2.75, 3.05) is 6.54 Å². The number of hydrogen-bond acceptors (Lipinski definition) is 3. The lowest BCUT2D eigenvalue weighted by molar-refractivity contribution is -0.143. The molecule has 1 amide bonds. The minimum atomic E-state index is -3.03. The summed E-state index contributed by atoms with van der Waals surface area (Å²) < 4.78 is 28.7. The van der Waals surface area contributed by atoms with E-state index in [-0.39, 0.29) is 17.9 Å². The van der Waals surface area contributed by atoms with Gasteiger partial charge in [0.05, 0.1) is 11.0 Å². The first-order valence-corrected chi connectivity index (χ1v) is 6.00. The number of nitrogens with one attached hydrogen (secondary N) is 1. The standard InChI is InChI=1S/C13H13F2NO4/c14-12(15)20-9-4-2-1-3-8(9)10(17)16-7-13(5-6-13)11(18)19/h1-4,12H,5-7H2,(H,16,17)(H,18,19). The van der Waals surface area contributed by atoms with Crippen LogP contribution in [0.1, 0.15) is 23.2 Å². The van der Waals surface area contributed by atoms with E-state index in [0.717, 1.165) is 0 Å². The molecule has 0 spiro atoms. The van der Waals surface area contributed by atoms with Gasteiger partial charge in [0.25, 0.3) is 5.91 Å². The zero-order chi connectivity index (χ0) is 14.8. The van der Waals surface area contributed by atoms with Gasteiger partial charge < -0.3 is 15.2 Å². The van der Waals surface area contributed by atoms with Gasteiger partial charge in [-0.15, -0.1) is 0 Å². The molecule has 2 rings (SSSR count). The Morgan fingerprint density at radius 3 is 2.55 bits per heavy atom. The number of carbonyl (C=O) groups excluding carboxylic acids is 1. The molecular formula is C13H13F2NO4. The van der Waals surface area contributed by atoms with Gasteiger partial charge in [0.15, 0.2) is 0 Å². The number of amides is 1. The minimum Gasteiger partial charge on any atom is -0.481 e. The molecule has 0 heterocycles. The minimum absolute atomic E-state index is 0.0236. The van der Waals surface area contributed by atoms with Crippen molar-refractivity contribution in [1.82, 2.24) is 5.32 Å². The Labute approximate surface area is 113 Å². The maximum atomic E-state index is 12.2. The number of hydrogen-bond donors (Lipinski definition) is 2. The molecule has 0 aliphatic heterocycles. The van der Waals surface area contributed by atoms with Crippen molar-refractivity contribution in [3.63, 3.8) is 0 Å². The average Bonchev–Trinajstić information content (AvgIpc) is 3.17. The maximum Gasteiger partial charge on any atom is 0.387 e. The van der Waals surface area contributed by atoms with Crippen LogP contribution in [0.4, 0.5) is 8.78 Å². The van der Waals surface area contributed by atoms with Gasteiger partial charge in [-0.25, -0.2) is 0 Å². The Bertz CT molecular complexity index is 529. The number of carbonyl (C=O) groups is 2. The molecule has 1 aromatic rings. The van der Waals surface area contributed by atoms with E-state index in [2.05, 4.69) is 10.1 Å². The summed E-state index contributed by atoms with van der Waals surface area (Å²) in [6.07, 6.45) is 0.996. The number of para-hydroxylation sites is 1. The Morgan fingerprint density at radius 1 is 1.35 bits per heavy atom. The van der Waals surface area contributed by atoms with Crippen LogP contribution in [0.3, 0.4) is 0 Å². The summed E-state index contributed by atoms with van der Waals surface area (Å²) in [5.41, 5.74) is -0.956. The molecule has 7 heteroatoms. The summed E-state index contributed by atoms with van der Waals surface area (Å²) in [5, 5.41) is 11.4. The molecule has 108 valence electrons. The van der Waals surface area contributed by atoms with Gasteiger partial charge in [-0.1, -0.05) is 12.1 Å². The SMILES string of the molecule is O=C(NCC1(C(=O)O)CC1)c1ccccc1OC(F)F. The molecule has 1 aliphatic carbocycles. The molecule has 0 radical (unpaired) electrons. The quantitative estimate of drug-likeness (QED) is 0.836. The van der Waals surface area contributed by atoms with Crippen molar-refractivity contribution in [3.05, 3.63) is 29.8 Å². The number of ether oxygens (including phenoxy) is 1. The van der Waals surface area contributed by atoms with Crippen molar-refractivity contribution in [2.24, 2.45) is 5.41 Å². The summed E-state index contributed by atoms with van der Waals surface area (Å²) in [6.45, 7) is -3.05. The first-order chi connectivity index (χ1) is 9.44. The van der Waals surface area contributed by atoms with Crippen LogP contribution in [-0.4, -0.2) is 30.1 Å². The van der Waals surface area contributed by atoms with Crippen LogP contribution in [0.25, 0.3) is 0 Å². The third-order valence-electron chi connectivity index (χ3n) is 3.24. The van der Waals surface area contributed by atoms with E-state index in [1.165, 1.54) is 24.3 Å². The van der Waals surface area contributed by atoms with Gasteiger partial charge in [0.1, 0.15) is 5.75 Å². The highest BCUT2D eigenvalue weighted by Crippen LogP contribution is 2.45. The van der Waals surface area contributed by atoms with Crippen LogP contribution in [-0.2, 0) is 4.79 Å². The second kappa shape index (κ2) is 5.44. The predicted octanol–water partition coefficient (Wildman–Crippen LogP) is 1.88. The summed E-state index contributed by atoms with van der Waals surface area (Å²) in [5.74, 6) is -1.83. The third-order valence-corrected chi connectivity index (χ3v) is 3.24. The molecule has 5 nitrogen and oxygen atoms in total. The molecule has 1 saturated carbocycles. The Morgan fingerprint density at radius 2 is 2.00 bits per heavy atom. The predicted molar refractivity (Wildman–Crippen MR) is 64.7 cm³/mol. The second-order valence-electron chi connectivity index (χ2n) is 4.64. The number of aliphatic carboxylic acids is 1. The number of benzene rings is 1. The van der Waals surface area contributed by atoms with Crippen molar-refractivity contribution in [1.29, 1.82) is 0 Å². The van der Waals surface area contributed by atoms with Crippen LogP contribution < -0.4 is 10.1 Å². The lowest BCUT2D eigenvalue weighted by Crippen LogP contribution is -2.34. The summed E-state index contributed by atoms with van der Waals surface area (Å²) in [4.78, 5) is 22.9. The van der Waals surface area contributed by atoms with Crippen molar-refractivity contribution in [3.8, 4) is 5.75 Å². The van der Waals surface area contributed by atoms with E-state index < -0.39 is 23.9 Å². The van der Waals surface area contributed by atoms with Gasteiger partial charge >= 0.3 is 12.6 Å². The van der Waals surface area contributed by atoms with E-state index in [9.17, 15) is 18.4 Å². The number of halogens is 2. The molecule has 1 fully saturated rings. The highest BCUT2D eigenvalue weighted by molar-refractivity contribution is 5.97. The maximum absolute atomic E-state index is 12.2. The molecular weight excluding hydrogens is 272 g/mol. The molecule has 1 aromatic carbocycles. The first-order valence-electron chi connectivity index (χ1n) is 6.00. The number of carboxylic acid groups (broad SMARTS) is 1. The van der Waals surface area contributed by atoms with Crippen molar-refractivity contribution in [2.45, 2.75) is 19.5 Å². The normalized spacial score (nSPS) is 15.8. The summed E-state index contributed by atoms with van der Waals surface area (Å²) >= 11 is 0. The molecule has 0 unspecified atom stereocenters. The fourth-order valence-corrected chi connectivity index (χ4v) is 1.81. The third kappa shape index (κ3) is 3.04. The fourth-order valence-electron chi connectivity index (χ4n) is 1.81. The van der Waals surface area contributed by atoms with Crippen LogP contribution >= 0.6 is 0 Å². The van der Waals surface area contributed by atoms with E-state index >= 15 is 0 Å². The topological polar surface area (TPSA) is 75.6 Å². The van der Waals surface area contributed by atoms with Crippen LogP contribution in [0, 0.1) is 5.41 Å². The van der Waals surface area contributed by atoms with Crippen LogP contribution in [0.5, 0.6) is 5.75 Å². The van der Waals surface area contributed by atoms with Gasteiger partial charge in [-0.3, -0.25) is 9.59 Å². The van der Waals surface area contributed by atoms with Gasteiger partial charge in [-0.05, 0) is 25.0 Å². The highest BCUT2D eigenvalue weighted by atomic mass is 19.3. The lowest BCUT2D eigenvalue weighted by Gasteiger charge is -2.13. The van der Waals surface area contributed by atoms with Crippen LogP contribution in [0.15, 0.2) is 24.3 Å². The van der Waals surface area contributed by atoms with E-state index in [1.54, 1.807) is 0 Å². The number of carboxylic acids is 1. The Kier molecular flexibility index (Phi) is 3.87. The smallest absolute Gasteiger partial charge is 0.387 e. The Hall–Kier alpha value is -2.18. The monoisotopic (exact) mass is 285 g/mol. The Balaban J connectivity index is 2.04. The van der Waals surface area contributed by atoms with Gasteiger partial charge in [0.2, 0.25) is 0 Å². The molecule has 0 atom stereocenters. The van der Waals surface area contributed by atoms with Gasteiger partial charge in [0, 0.05) is 6.54 Å². The molecule has 20 heavy (non-hydrogen) atoms. The zero-order valence-corrected chi connectivity index (χ0v) is 10.4. The van der Waals surface area contributed by atoms with Gasteiger partial charge in [-0.2, -0.15) is 8.78 Å². The van der Waals surface area contributed by atoms with E-state index in [1.807, 2.05) is 0 Å². The van der Waals surface area contributed by atoms with E-state index in [0.29, 0.717) is 12.8 Å². The molecule has 1 aliphatic rings. The molecule has 0 bridgehead atoms. The largest absolute Gasteiger partial charge is 0.481 e. The van der Waals surface area contributed by atoms with E-state index in [4.69, 9.17) is 5.11 Å². The summed E-state index contributed by atoms with van der Waals surface area (Å²) in [6, 6.07) is 5.57. The number of alkyl halides is 2. The number of rotatable bonds is 6. The average molecular weight is 285 g/mol. The highest BCUT2D eigenvalue weighted by Gasteiger charge is 2.50. The lowest BCUT2D eigenvalue weighted by atomic mass is 10.1. The first kappa shape index (κ1) is 14.2. The second-order valence-corrected chi connectivity index (χ2v) is 4.64. The van der Waals surface area contributed by atoms with Crippen LogP contribution in [0.2, 0.25) is 0 Å². The summed E-state index contributed by atoms with van der Waals surface area (Å²) in [7, 11) is 0. The zero-order valence-electron chi connectivity index (χ0n) is 10.4. The van der Waals surface area contributed by atoms with Crippen molar-refractivity contribution >= 4 is 11.9 Å². The van der Waals surface area contributed by atoms with Crippen molar-refractivity contribution < 1.29 is 28.2 Å².